The number of allylic oxidation sites excluding steroid dienone is 9. The second-order valence-electron chi connectivity index (χ2n) is 13.1. The number of rotatable bonds is 3. The van der Waals surface area contributed by atoms with Gasteiger partial charge in [0.05, 0.1) is 10.8 Å². The molecule has 180 valence electrons. The van der Waals surface area contributed by atoms with Crippen LogP contribution in [0.4, 0.5) is 0 Å². The highest BCUT2D eigenvalue weighted by Crippen LogP contribution is 2.39. The van der Waals surface area contributed by atoms with Crippen LogP contribution in [0.3, 0.4) is 0 Å². The van der Waals surface area contributed by atoms with Crippen LogP contribution in [0.1, 0.15) is 100 Å². The SMILES string of the molecule is CC(C)(C)C1=CC(=C/C=C/C=C/c2cc(C(C)(C)C)[o+]c(C(C)(C)C)c2)C=C(C(C)(C)C)O1. The Kier molecular flexibility index (Phi) is 7.73. The molecule has 0 aromatic carbocycles. The summed E-state index contributed by atoms with van der Waals surface area (Å²) in [6, 6.07) is 4.29. The molecule has 1 aromatic rings. The second kappa shape index (κ2) is 9.49. The first-order valence-electron chi connectivity index (χ1n) is 12.0. The summed E-state index contributed by atoms with van der Waals surface area (Å²) in [4.78, 5) is 0. The van der Waals surface area contributed by atoms with Crippen LogP contribution in [-0.2, 0) is 15.6 Å². The van der Waals surface area contributed by atoms with Gasteiger partial charge in [0.15, 0.2) is 0 Å². The van der Waals surface area contributed by atoms with Gasteiger partial charge in [-0.3, -0.25) is 0 Å². The summed E-state index contributed by atoms with van der Waals surface area (Å²) in [6.07, 6.45) is 14.8. The molecule has 0 aliphatic carbocycles. The summed E-state index contributed by atoms with van der Waals surface area (Å²) >= 11 is 0. The molecular weight excluding hydrogens is 404 g/mol. The molecule has 2 nitrogen and oxygen atoms in total. The van der Waals surface area contributed by atoms with Gasteiger partial charge in [0.1, 0.15) is 11.5 Å². The molecule has 0 saturated heterocycles. The first-order chi connectivity index (χ1) is 14.9. The third-order valence-electron chi connectivity index (χ3n) is 5.39. The second-order valence-corrected chi connectivity index (χ2v) is 13.1. The van der Waals surface area contributed by atoms with E-state index in [0.29, 0.717) is 0 Å². The Bertz CT molecular complexity index is 935. The van der Waals surface area contributed by atoms with Gasteiger partial charge in [0.25, 0.3) is 0 Å². The molecule has 1 aromatic heterocycles. The van der Waals surface area contributed by atoms with E-state index in [1.54, 1.807) is 0 Å². The highest BCUT2D eigenvalue weighted by Gasteiger charge is 2.33. The maximum absolute atomic E-state index is 6.24. The molecule has 0 bridgehead atoms. The Morgan fingerprint density at radius 2 is 1.06 bits per heavy atom. The number of hydrogen-bond donors (Lipinski definition) is 0. The summed E-state index contributed by atoms with van der Waals surface area (Å²) in [5, 5.41) is 0. The van der Waals surface area contributed by atoms with E-state index in [4.69, 9.17) is 9.15 Å². The topological polar surface area (TPSA) is 20.5 Å². The lowest BCUT2D eigenvalue weighted by atomic mass is 9.87. The van der Waals surface area contributed by atoms with E-state index in [9.17, 15) is 0 Å². The number of ether oxygens (including phenoxy) is 1. The average Bonchev–Trinajstić information content (AvgIpc) is 2.64. The van der Waals surface area contributed by atoms with E-state index in [0.717, 1.165) is 34.2 Å². The van der Waals surface area contributed by atoms with Gasteiger partial charge in [0, 0.05) is 23.0 Å². The predicted molar refractivity (Wildman–Crippen MR) is 143 cm³/mol. The van der Waals surface area contributed by atoms with Gasteiger partial charge in [-0.2, -0.15) is 0 Å². The van der Waals surface area contributed by atoms with E-state index >= 15 is 0 Å². The van der Waals surface area contributed by atoms with Gasteiger partial charge in [-0.05, 0) is 64.8 Å². The van der Waals surface area contributed by atoms with Crippen molar-refractivity contribution in [3.63, 3.8) is 0 Å². The van der Waals surface area contributed by atoms with Crippen molar-refractivity contribution in [2.45, 2.75) is 93.9 Å². The Morgan fingerprint density at radius 3 is 1.45 bits per heavy atom. The minimum atomic E-state index is -0.0403. The molecule has 0 unspecified atom stereocenters. The van der Waals surface area contributed by atoms with E-state index in [1.807, 2.05) is 0 Å². The predicted octanol–water partition coefficient (Wildman–Crippen LogP) is 9.54. The molecule has 2 heteroatoms. The van der Waals surface area contributed by atoms with Crippen LogP contribution in [0.15, 0.2) is 70.1 Å². The quantitative estimate of drug-likeness (QED) is 0.338. The van der Waals surface area contributed by atoms with Crippen molar-refractivity contribution < 1.29 is 9.15 Å². The standard InChI is InChI=1S/C31H45O2/c1-28(2,3)24-18-22(19-25(32-24)29(4,5)6)16-14-13-15-17-23-20-26(30(7,8)9)33-27(21-23)31(10,11)12/h13-21H,1-12H3/q+1. The van der Waals surface area contributed by atoms with Crippen molar-refractivity contribution in [3.05, 3.63) is 82.8 Å². The van der Waals surface area contributed by atoms with Gasteiger partial charge in [-0.25, -0.2) is 4.42 Å². The lowest BCUT2D eigenvalue weighted by Crippen LogP contribution is -2.21. The lowest BCUT2D eigenvalue weighted by molar-refractivity contribution is 0.161. The molecule has 1 aliphatic rings. The molecule has 0 radical (unpaired) electrons. The Hall–Kier alpha value is -2.35. The molecule has 0 saturated carbocycles. The molecule has 33 heavy (non-hydrogen) atoms. The van der Waals surface area contributed by atoms with Crippen molar-refractivity contribution in [1.82, 2.24) is 0 Å². The van der Waals surface area contributed by atoms with Crippen LogP contribution in [0, 0.1) is 10.8 Å². The van der Waals surface area contributed by atoms with Crippen LogP contribution in [-0.4, -0.2) is 0 Å². The highest BCUT2D eigenvalue weighted by atomic mass is 16.5. The average molecular weight is 450 g/mol. The van der Waals surface area contributed by atoms with Gasteiger partial charge < -0.3 is 4.74 Å². The maximum Gasteiger partial charge on any atom is 0.335 e. The normalized spacial score (nSPS) is 16.2. The van der Waals surface area contributed by atoms with E-state index in [1.165, 1.54) is 0 Å². The zero-order chi connectivity index (χ0) is 25.2. The summed E-state index contributed by atoms with van der Waals surface area (Å²) in [5.41, 5.74) is 2.15. The van der Waals surface area contributed by atoms with Crippen molar-refractivity contribution in [2.75, 3.05) is 0 Å². The third kappa shape index (κ3) is 7.88. The van der Waals surface area contributed by atoms with Crippen molar-refractivity contribution in [3.8, 4) is 0 Å². The summed E-state index contributed by atoms with van der Waals surface area (Å²) in [6.45, 7) is 26.2. The maximum atomic E-state index is 6.24. The zero-order valence-corrected chi connectivity index (χ0v) is 23.0. The molecule has 0 atom stereocenters. The zero-order valence-electron chi connectivity index (χ0n) is 23.0. The molecule has 0 fully saturated rings. The number of hydrogen-bond acceptors (Lipinski definition) is 1. The van der Waals surface area contributed by atoms with Crippen LogP contribution in [0.25, 0.3) is 6.08 Å². The molecule has 0 spiro atoms. The lowest BCUT2D eigenvalue weighted by Gasteiger charge is -2.32. The van der Waals surface area contributed by atoms with Crippen LogP contribution >= 0.6 is 0 Å². The molecule has 1 aliphatic heterocycles. The molecule has 0 amide bonds. The smallest absolute Gasteiger partial charge is 0.335 e. The molecule has 2 rings (SSSR count). The molecular formula is C31H45O2+. The fourth-order valence-electron chi connectivity index (χ4n) is 3.11. The van der Waals surface area contributed by atoms with E-state index in [-0.39, 0.29) is 21.7 Å². The summed E-state index contributed by atoms with van der Waals surface area (Å²) in [7, 11) is 0. The molecule has 2 heterocycles. The largest absolute Gasteiger partial charge is 0.465 e. The van der Waals surface area contributed by atoms with E-state index < -0.39 is 0 Å². The van der Waals surface area contributed by atoms with Gasteiger partial charge in [-0.15, -0.1) is 0 Å². The highest BCUT2D eigenvalue weighted by molar-refractivity contribution is 5.53. The van der Waals surface area contributed by atoms with E-state index in [2.05, 4.69) is 138 Å². The minimum Gasteiger partial charge on any atom is -0.465 e. The van der Waals surface area contributed by atoms with Crippen molar-refractivity contribution in [2.24, 2.45) is 10.8 Å². The minimum absolute atomic E-state index is 0.0403. The summed E-state index contributed by atoms with van der Waals surface area (Å²) < 4.78 is 12.5. The van der Waals surface area contributed by atoms with Crippen LogP contribution in [0.2, 0.25) is 0 Å². The fourth-order valence-corrected chi connectivity index (χ4v) is 3.11. The first-order valence-corrected chi connectivity index (χ1v) is 12.0. The van der Waals surface area contributed by atoms with Gasteiger partial charge >= 0.3 is 11.5 Å². The third-order valence-corrected chi connectivity index (χ3v) is 5.39. The van der Waals surface area contributed by atoms with Gasteiger partial charge in [0.2, 0.25) is 0 Å². The Labute approximate surface area is 202 Å². The monoisotopic (exact) mass is 449 g/mol. The van der Waals surface area contributed by atoms with Crippen molar-refractivity contribution >= 4 is 6.08 Å². The van der Waals surface area contributed by atoms with Crippen LogP contribution in [0.5, 0.6) is 0 Å². The Morgan fingerprint density at radius 1 is 0.606 bits per heavy atom. The molecule has 0 N–H and O–H groups in total. The Balaban J connectivity index is 2.32. The van der Waals surface area contributed by atoms with Crippen LogP contribution < -0.4 is 0 Å². The van der Waals surface area contributed by atoms with Crippen molar-refractivity contribution in [1.29, 1.82) is 0 Å². The summed E-state index contributed by atoms with van der Waals surface area (Å²) in [5.74, 6) is 4.01. The van der Waals surface area contributed by atoms with Gasteiger partial charge in [-0.1, -0.05) is 71.9 Å². The first kappa shape index (κ1) is 26.9. The fraction of sp³-hybridized carbons (Fsp3) is 0.516.